The van der Waals surface area contributed by atoms with E-state index >= 15 is 0 Å². The number of hydrogen-bond donors (Lipinski definition) is 1. The van der Waals surface area contributed by atoms with Gasteiger partial charge in [-0.2, -0.15) is 4.68 Å². The van der Waals surface area contributed by atoms with Crippen LogP contribution in [0.25, 0.3) is 0 Å². The number of methoxy groups -OCH3 is 1. The number of aromatic nitrogens is 2. The Morgan fingerprint density at radius 2 is 2.24 bits per heavy atom. The van der Waals surface area contributed by atoms with Gasteiger partial charge in [-0.25, -0.2) is 4.79 Å². The first-order chi connectivity index (χ1) is 10.0. The van der Waals surface area contributed by atoms with E-state index in [4.69, 9.17) is 9.15 Å². The molecule has 0 unspecified atom stereocenters. The predicted molar refractivity (Wildman–Crippen MR) is 75.6 cm³/mol. The zero-order valence-electron chi connectivity index (χ0n) is 12.8. The molecule has 0 aromatic carbocycles. The third-order valence-electron chi connectivity index (χ3n) is 4.26. The zero-order chi connectivity index (χ0) is 15.4. The van der Waals surface area contributed by atoms with E-state index in [1.807, 2.05) is 0 Å². The van der Waals surface area contributed by atoms with Crippen LogP contribution in [0.15, 0.2) is 9.21 Å². The van der Waals surface area contributed by atoms with Crippen LogP contribution in [0.4, 0.5) is 0 Å². The van der Waals surface area contributed by atoms with Crippen molar-refractivity contribution >= 4 is 5.91 Å². The zero-order valence-corrected chi connectivity index (χ0v) is 12.8. The molecule has 1 heterocycles. The van der Waals surface area contributed by atoms with Gasteiger partial charge in [0.2, 0.25) is 11.8 Å². The van der Waals surface area contributed by atoms with Gasteiger partial charge in [-0.1, -0.05) is 26.7 Å². The molecule has 1 saturated carbocycles. The molecule has 7 heteroatoms. The number of rotatable bonds is 5. The minimum absolute atomic E-state index is 0.112. The first kappa shape index (κ1) is 15.8. The predicted octanol–water partition coefficient (Wildman–Crippen LogP) is 0.924. The van der Waals surface area contributed by atoms with Crippen molar-refractivity contribution in [3.8, 4) is 0 Å². The van der Waals surface area contributed by atoms with Gasteiger partial charge in [-0.15, -0.1) is 5.10 Å². The Labute approximate surface area is 123 Å². The fraction of sp³-hybridized carbons (Fsp3) is 0.786. The van der Waals surface area contributed by atoms with Crippen molar-refractivity contribution in [3.05, 3.63) is 16.4 Å². The summed E-state index contributed by atoms with van der Waals surface area (Å²) >= 11 is 0. The highest BCUT2D eigenvalue weighted by Crippen LogP contribution is 2.29. The fourth-order valence-corrected chi connectivity index (χ4v) is 2.81. The molecule has 0 radical (unpaired) electrons. The Morgan fingerprint density at radius 1 is 1.48 bits per heavy atom. The number of carbonyl (C=O) groups excluding carboxylic acids is 1. The third-order valence-corrected chi connectivity index (χ3v) is 4.26. The van der Waals surface area contributed by atoms with Crippen LogP contribution in [-0.4, -0.2) is 28.8 Å². The molecule has 3 atom stereocenters. The number of amides is 1. The second-order valence-electron chi connectivity index (χ2n) is 5.79. The van der Waals surface area contributed by atoms with Gasteiger partial charge in [0.15, 0.2) is 0 Å². The minimum Gasteiger partial charge on any atom is -0.390 e. The lowest BCUT2D eigenvalue weighted by atomic mass is 9.78. The number of nitrogens with one attached hydrogen (secondary N) is 1. The molecule has 21 heavy (non-hydrogen) atoms. The van der Waals surface area contributed by atoms with Crippen molar-refractivity contribution < 1.29 is 13.9 Å². The van der Waals surface area contributed by atoms with E-state index in [9.17, 15) is 9.59 Å². The Balaban J connectivity index is 1.94. The summed E-state index contributed by atoms with van der Waals surface area (Å²) < 4.78 is 10.7. The van der Waals surface area contributed by atoms with Gasteiger partial charge in [0, 0.05) is 13.2 Å². The lowest BCUT2D eigenvalue weighted by molar-refractivity contribution is -0.123. The molecular formula is C14H23N3O4. The van der Waals surface area contributed by atoms with E-state index in [1.165, 1.54) is 13.5 Å². The van der Waals surface area contributed by atoms with Gasteiger partial charge < -0.3 is 14.5 Å². The van der Waals surface area contributed by atoms with Crippen LogP contribution in [-0.2, 0) is 22.7 Å². The molecule has 1 fully saturated rings. The Hall–Kier alpha value is -1.63. The van der Waals surface area contributed by atoms with Crippen LogP contribution < -0.4 is 11.1 Å². The van der Waals surface area contributed by atoms with E-state index in [2.05, 4.69) is 24.3 Å². The summed E-state index contributed by atoms with van der Waals surface area (Å²) in [4.78, 5) is 23.6. The monoisotopic (exact) mass is 297 g/mol. The smallest absolute Gasteiger partial charge is 0.390 e. The molecule has 1 aliphatic rings. The van der Waals surface area contributed by atoms with E-state index < -0.39 is 5.76 Å². The van der Waals surface area contributed by atoms with Gasteiger partial charge >= 0.3 is 5.76 Å². The van der Waals surface area contributed by atoms with Crippen molar-refractivity contribution in [1.82, 2.24) is 15.1 Å². The van der Waals surface area contributed by atoms with E-state index in [1.54, 1.807) is 0 Å². The van der Waals surface area contributed by atoms with Gasteiger partial charge in [0.05, 0.1) is 0 Å². The molecule has 1 aromatic rings. The maximum absolute atomic E-state index is 12.1. The number of nitrogens with zero attached hydrogens (tertiary/aromatic N) is 2. The fourth-order valence-electron chi connectivity index (χ4n) is 2.81. The summed E-state index contributed by atoms with van der Waals surface area (Å²) in [7, 11) is 1.48. The molecule has 1 N–H and O–H groups in total. The largest absolute Gasteiger partial charge is 0.437 e. The van der Waals surface area contributed by atoms with Crippen molar-refractivity contribution in [2.45, 2.75) is 52.3 Å². The van der Waals surface area contributed by atoms with Crippen LogP contribution >= 0.6 is 0 Å². The molecule has 1 aliphatic carbocycles. The summed E-state index contributed by atoms with van der Waals surface area (Å²) in [5.74, 6) is 0.380. The molecule has 0 bridgehead atoms. The second-order valence-corrected chi connectivity index (χ2v) is 5.79. The van der Waals surface area contributed by atoms with Gasteiger partial charge in [0.1, 0.15) is 13.2 Å². The first-order valence-electron chi connectivity index (χ1n) is 7.36. The van der Waals surface area contributed by atoms with Crippen molar-refractivity contribution in [1.29, 1.82) is 0 Å². The van der Waals surface area contributed by atoms with Crippen LogP contribution in [0.3, 0.4) is 0 Å². The molecule has 1 amide bonds. The molecule has 0 spiro atoms. The van der Waals surface area contributed by atoms with Gasteiger partial charge in [-0.3, -0.25) is 4.79 Å². The number of hydrogen-bond acceptors (Lipinski definition) is 5. The van der Waals surface area contributed by atoms with Crippen molar-refractivity contribution in [2.75, 3.05) is 7.11 Å². The van der Waals surface area contributed by atoms with Crippen molar-refractivity contribution in [3.63, 3.8) is 0 Å². The molecule has 7 nitrogen and oxygen atoms in total. The SMILES string of the molecule is COCc1nn(CC(=O)N[C@@H]2CCC[C@H](C)[C@@H]2C)c(=O)o1. The van der Waals surface area contributed by atoms with Crippen LogP contribution in [0.5, 0.6) is 0 Å². The molecule has 118 valence electrons. The lowest BCUT2D eigenvalue weighted by Crippen LogP contribution is -2.45. The summed E-state index contributed by atoms with van der Waals surface area (Å²) in [5, 5.41) is 6.92. The number of carbonyl (C=O) groups is 1. The van der Waals surface area contributed by atoms with E-state index in [0.29, 0.717) is 11.8 Å². The van der Waals surface area contributed by atoms with Gasteiger partial charge in [0.25, 0.3) is 0 Å². The van der Waals surface area contributed by atoms with Crippen molar-refractivity contribution in [2.24, 2.45) is 11.8 Å². The normalized spacial score (nSPS) is 25.8. The average Bonchev–Trinajstić information content (AvgIpc) is 2.76. The van der Waals surface area contributed by atoms with E-state index in [0.717, 1.165) is 17.5 Å². The van der Waals surface area contributed by atoms with Crippen LogP contribution in [0.1, 0.15) is 39.0 Å². The highest BCUT2D eigenvalue weighted by Gasteiger charge is 2.28. The number of ether oxygens (including phenoxy) is 1. The molecule has 0 saturated heterocycles. The Morgan fingerprint density at radius 3 is 2.95 bits per heavy atom. The van der Waals surface area contributed by atoms with Crippen LogP contribution in [0, 0.1) is 11.8 Å². The summed E-state index contributed by atoms with van der Waals surface area (Å²) in [5.41, 5.74) is 0. The maximum Gasteiger partial charge on any atom is 0.437 e. The van der Waals surface area contributed by atoms with Crippen LogP contribution in [0.2, 0.25) is 0 Å². The molecule has 2 rings (SSSR count). The Kier molecular flexibility index (Phi) is 5.17. The highest BCUT2D eigenvalue weighted by molar-refractivity contribution is 5.75. The van der Waals surface area contributed by atoms with Gasteiger partial charge in [-0.05, 0) is 18.3 Å². The second kappa shape index (κ2) is 6.89. The average molecular weight is 297 g/mol. The Bertz CT molecular complexity index is 537. The highest BCUT2D eigenvalue weighted by atomic mass is 16.5. The first-order valence-corrected chi connectivity index (χ1v) is 7.36. The summed E-state index contributed by atoms with van der Waals surface area (Å²) in [6.07, 6.45) is 3.31. The molecular weight excluding hydrogens is 274 g/mol. The third kappa shape index (κ3) is 3.93. The quantitative estimate of drug-likeness (QED) is 0.873. The summed E-state index contributed by atoms with van der Waals surface area (Å²) in [6, 6.07) is 0.169. The topological polar surface area (TPSA) is 86.4 Å². The lowest BCUT2D eigenvalue weighted by Gasteiger charge is -2.34. The maximum atomic E-state index is 12.1. The standard InChI is InChI=1S/C14H23N3O4/c1-9-5-4-6-11(10(9)2)15-12(18)7-17-14(19)21-13(16-17)8-20-3/h9-11H,4-8H2,1-3H3,(H,15,18)/t9-,10-,11+/m0/s1. The molecule has 1 aromatic heterocycles. The van der Waals surface area contributed by atoms with E-state index in [-0.39, 0.29) is 31.0 Å². The molecule has 0 aliphatic heterocycles. The summed E-state index contributed by atoms with van der Waals surface area (Å²) in [6.45, 7) is 4.36. The minimum atomic E-state index is -0.637.